The number of rotatable bonds is 6. The second-order valence-corrected chi connectivity index (χ2v) is 7.18. The van der Waals surface area contributed by atoms with E-state index in [1.54, 1.807) is 30.3 Å². The predicted molar refractivity (Wildman–Crippen MR) is 109 cm³/mol. The van der Waals surface area contributed by atoms with Crippen molar-refractivity contribution in [1.82, 2.24) is 0 Å². The highest BCUT2D eigenvalue weighted by Gasteiger charge is 2.16. The average Bonchev–Trinajstić information content (AvgIpc) is 2.66. The lowest BCUT2D eigenvalue weighted by atomic mass is 9.87. The molecule has 0 heterocycles. The van der Waals surface area contributed by atoms with Crippen LogP contribution in [0.25, 0.3) is 6.08 Å². The van der Waals surface area contributed by atoms with E-state index in [1.165, 1.54) is 13.2 Å². The third-order valence-corrected chi connectivity index (χ3v) is 4.07. The summed E-state index contributed by atoms with van der Waals surface area (Å²) in [6.45, 7) is 8.71. The van der Waals surface area contributed by atoms with Gasteiger partial charge in [0.25, 0.3) is 0 Å². The fraction of sp³-hybridized carbons (Fsp3) is 0.304. The third-order valence-electron chi connectivity index (χ3n) is 4.07. The average molecular weight is 379 g/mol. The summed E-state index contributed by atoms with van der Waals surface area (Å²) in [4.78, 5) is 12.4. The molecule has 5 nitrogen and oxygen atoms in total. The van der Waals surface area contributed by atoms with Crippen LogP contribution in [-0.2, 0) is 10.2 Å². The molecule has 0 spiro atoms. The molecule has 0 N–H and O–H groups in total. The molecule has 0 unspecified atom stereocenters. The van der Waals surface area contributed by atoms with Crippen molar-refractivity contribution in [3.63, 3.8) is 0 Å². The maximum atomic E-state index is 12.4. The Labute approximate surface area is 166 Å². The Bertz CT molecular complexity index is 900. The first kappa shape index (κ1) is 21.0. The van der Waals surface area contributed by atoms with E-state index >= 15 is 0 Å². The van der Waals surface area contributed by atoms with Crippen LogP contribution in [0.3, 0.4) is 0 Å². The molecule has 0 aliphatic carbocycles. The first-order valence-electron chi connectivity index (χ1n) is 9.04. The van der Waals surface area contributed by atoms with Crippen molar-refractivity contribution in [2.45, 2.75) is 33.1 Å². The molecule has 0 aliphatic rings. The zero-order valence-electron chi connectivity index (χ0n) is 16.9. The summed E-state index contributed by atoms with van der Waals surface area (Å²) in [6, 6.07) is 14.4. The van der Waals surface area contributed by atoms with Crippen LogP contribution in [0, 0.1) is 11.3 Å². The fourth-order valence-electron chi connectivity index (χ4n) is 2.54. The van der Waals surface area contributed by atoms with Gasteiger partial charge in [-0.2, -0.15) is 5.26 Å². The van der Waals surface area contributed by atoms with Crippen molar-refractivity contribution >= 4 is 12.0 Å². The molecule has 2 aromatic carbocycles. The minimum absolute atomic E-state index is 0.00691. The van der Waals surface area contributed by atoms with E-state index in [1.807, 2.05) is 25.1 Å². The van der Waals surface area contributed by atoms with Crippen molar-refractivity contribution in [1.29, 1.82) is 5.26 Å². The maximum absolute atomic E-state index is 12.4. The number of nitrogens with zero attached hydrogens (tertiary/aromatic N) is 1. The Balaban J connectivity index is 2.20. The number of methoxy groups -OCH3 is 1. The smallest absolute Gasteiger partial charge is 0.354 e. The van der Waals surface area contributed by atoms with E-state index in [-0.39, 0.29) is 11.0 Å². The molecular formula is C23H25NO4. The number of hydrogen-bond donors (Lipinski definition) is 0. The Hall–Kier alpha value is -3.26. The van der Waals surface area contributed by atoms with Gasteiger partial charge < -0.3 is 14.2 Å². The number of carbonyl (C=O) groups excluding carboxylic acids is 1. The van der Waals surface area contributed by atoms with Crippen LogP contribution in [-0.4, -0.2) is 19.7 Å². The lowest BCUT2D eigenvalue weighted by Crippen LogP contribution is -2.12. The minimum atomic E-state index is -0.709. The molecule has 0 saturated carbocycles. The monoisotopic (exact) mass is 379 g/mol. The zero-order valence-corrected chi connectivity index (χ0v) is 16.9. The van der Waals surface area contributed by atoms with Gasteiger partial charge in [0.2, 0.25) is 0 Å². The Morgan fingerprint density at radius 2 is 1.79 bits per heavy atom. The van der Waals surface area contributed by atoms with Gasteiger partial charge in [-0.05, 0) is 53.8 Å². The summed E-state index contributed by atoms with van der Waals surface area (Å²) in [5.74, 6) is 0.809. The highest BCUT2D eigenvalue weighted by molar-refractivity contribution is 5.99. The van der Waals surface area contributed by atoms with Crippen LogP contribution in [0.15, 0.2) is 48.0 Å². The second-order valence-electron chi connectivity index (χ2n) is 7.18. The Morgan fingerprint density at radius 3 is 2.32 bits per heavy atom. The second kappa shape index (κ2) is 9.09. The van der Waals surface area contributed by atoms with Crippen molar-refractivity contribution in [3.05, 3.63) is 59.2 Å². The first-order chi connectivity index (χ1) is 13.3. The largest absolute Gasteiger partial charge is 0.493 e. The van der Waals surface area contributed by atoms with E-state index in [0.717, 1.165) is 5.56 Å². The van der Waals surface area contributed by atoms with Crippen molar-refractivity contribution in [2.24, 2.45) is 0 Å². The lowest BCUT2D eigenvalue weighted by Gasteiger charge is -2.18. The number of hydrogen-bond acceptors (Lipinski definition) is 5. The normalized spacial score (nSPS) is 11.5. The summed E-state index contributed by atoms with van der Waals surface area (Å²) < 4.78 is 16.1. The Morgan fingerprint density at radius 1 is 1.11 bits per heavy atom. The molecule has 0 aliphatic heterocycles. The number of esters is 1. The van der Waals surface area contributed by atoms with E-state index < -0.39 is 5.97 Å². The van der Waals surface area contributed by atoms with Crippen LogP contribution >= 0.6 is 0 Å². The summed E-state index contributed by atoms with van der Waals surface area (Å²) in [6.07, 6.45) is 1.46. The lowest BCUT2D eigenvalue weighted by molar-refractivity contribution is -0.129. The van der Waals surface area contributed by atoms with E-state index in [0.29, 0.717) is 29.4 Å². The van der Waals surface area contributed by atoms with Crippen molar-refractivity contribution in [2.75, 3.05) is 13.7 Å². The number of carbonyl (C=O) groups is 1. The van der Waals surface area contributed by atoms with Gasteiger partial charge >= 0.3 is 5.97 Å². The molecule has 2 aromatic rings. The van der Waals surface area contributed by atoms with Gasteiger partial charge in [0.15, 0.2) is 11.5 Å². The SMILES string of the molecule is CCOc1ccc(/C=C(\C#N)C(=O)Oc2ccc(C(C)(C)C)cc2)cc1OC. The molecule has 2 rings (SSSR count). The topological polar surface area (TPSA) is 68.5 Å². The van der Waals surface area contributed by atoms with E-state index in [2.05, 4.69) is 20.8 Å². The summed E-state index contributed by atoms with van der Waals surface area (Å²) in [5.41, 5.74) is 1.67. The molecular weight excluding hydrogens is 354 g/mol. The van der Waals surface area contributed by atoms with Crippen LogP contribution in [0.2, 0.25) is 0 Å². The van der Waals surface area contributed by atoms with Crippen LogP contribution < -0.4 is 14.2 Å². The molecule has 0 bridgehead atoms. The molecule has 0 aromatic heterocycles. The van der Waals surface area contributed by atoms with Gasteiger partial charge in [-0.25, -0.2) is 4.79 Å². The standard InChI is InChI=1S/C23H25NO4/c1-6-27-20-12-7-16(14-21(20)26-5)13-17(15-24)22(25)28-19-10-8-18(9-11-19)23(2,3)4/h7-14H,6H2,1-5H3/b17-13+. The van der Waals surface area contributed by atoms with Crippen molar-refractivity contribution in [3.8, 4) is 23.3 Å². The summed E-state index contributed by atoms with van der Waals surface area (Å²) in [7, 11) is 1.53. The van der Waals surface area contributed by atoms with Gasteiger partial charge in [0, 0.05) is 0 Å². The number of nitriles is 1. The maximum Gasteiger partial charge on any atom is 0.354 e. The number of ether oxygens (including phenoxy) is 3. The number of benzene rings is 2. The van der Waals surface area contributed by atoms with Gasteiger partial charge in [-0.3, -0.25) is 0 Å². The zero-order chi connectivity index (χ0) is 20.7. The summed E-state index contributed by atoms with van der Waals surface area (Å²) in [5, 5.41) is 9.38. The van der Waals surface area contributed by atoms with E-state index in [4.69, 9.17) is 14.2 Å². The van der Waals surface area contributed by atoms with Gasteiger partial charge in [0.05, 0.1) is 13.7 Å². The quantitative estimate of drug-likeness (QED) is 0.309. The minimum Gasteiger partial charge on any atom is -0.493 e. The van der Waals surface area contributed by atoms with Gasteiger partial charge in [-0.15, -0.1) is 0 Å². The van der Waals surface area contributed by atoms with E-state index in [9.17, 15) is 10.1 Å². The molecule has 5 heteroatoms. The molecule has 146 valence electrons. The molecule has 28 heavy (non-hydrogen) atoms. The molecule has 0 radical (unpaired) electrons. The fourth-order valence-corrected chi connectivity index (χ4v) is 2.54. The summed E-state index contributed by atoms with van der Waals surface area (Å²) >= 11 is 0. The molecule has 0 amide bonds. The molecule has 0 saturated heterocycles. The van der Waals surface area contributed by atoms with Crippen LogP contribution in [0.5, 0.6) is 17.2 Å². The molecule has 0 atom stereocenters. The van der Waals surface area contributed by atoms with Gasteiger partial charge in [-0.1, -0.05) is 39.0 Å². The van der Waals surface area contributed by atoms with Crippen LogP contribution in [0.4, 0.5) is 0 Å². The molecule has 0 fully saturated rings. The third kappa shape index (κ3) is 5.37. The first-order valence-corrected chi connectivity index (χ1v) is 9.04. The predicted octanol–water partition coefficient (Wildman–Crippen LogP) is 4.90. The van der Waals surface area contributed by atoms with Crippen LogP contribution in [0.1, 0.15) is 38.8 Å². The highest BCUT2D eigenvalue weighted by Crippen LogP contribution is 2.29. The highest BCUT2D eigenvalue weighted by atomic mass is 16.5. The Kier molecular flexibility index (Phi) is 6.84. The van der Waals surface area contributed by atoms with Gasteiger partial charge in [0.1, 0.15) is 17.4 Å². The van der Waals surface area contributed by atoms with Crippen molar-refractivity contribution < 1.29 is 19.0 Å².